The summed E-state index contributed by atoms with van der Waals surface area (Å²) in [6.45, 7) is 8.39. The van der Waals surface area contributed by atoms with E-state index in [0.717, 1.165) is 31.2 Å². The third-order valence-corrected chi connectivity index (χ3v) is 10.3. The van der Waals surface area contributed by atoms with Crippen LogP contribution < -0.4 is 5.19 Å². The zero-order valence-corrected chi connectivity index (χ0v) is 29.2. The largest absolute Gasteiger partial charge is 0.305 e. The van der Waals surface area contributed by atoms with Crippen LogP contribution in [0.1, 0.15) is 45.7 Å². The molecule has 3 aromatic heterocycles. The third kappa shape index (κ3) is 7.21. The minimum Gasteiger partial charge on any atom is -0.305 e. The van der Waals surface area contributed by atoms with Crippen LogP contribution in [0, 0.1) is 31.7 Å². The molecule has 0 aliphatic carbocycles. The number of nitrogens with zero attached hydrogens (tertiary/aromatic N) is 2. The molecule has 0 amide bonds. The fraction of sp³-hybridized carbons (Fsp3) is 0.243. The number of halogens is 1. The van der Waals surface area contributed by atoms with Gasteiger partial charge in [0, 0.05) is 50.8 Å². The topological polar surface area (TPSA) is 25.8 Å². The van der Waals surface area contributed by atoms with Crippen LogP contribution in [-0.2, 0) is 25.5 Å². The fourth-order valence-corrected chi connectivity index (χ4v) is 7.31. The Bertz CT molecular complexity index is 2100. The van der Waals surface area contributed by atoms with Gasteiger partial charge >= 0.3 is 0 Å². The second-order valence-electron chi connectivity index (χ2n) is 12.3. The van der Waals surface area contributed by atoms with E-state index in [-0.39, 0.29) is 36.9 Å². The summed E-state index contributed by atoms with van der Waals surface area (Å²) in [5.74, 6) is -0.174. The quantitative estimate of drug-likeness (QED) is 0.132. The number of hydrogen-bond donors (Lipinski definition) is 0. The van der Waals surface area contributed by atoms with E-state index in [1.165, 1.54) is 23.8 Å². The molecule has 0 aliphatic rings. The van der Waals surface area contributed by atoms with Gasteiger partial charge in [-0.05, 0) is 57.3 Å². The Labute approximate surface area is 282 Å². The molecule has 0 aliphatic heterocycles. The van der Waals surface area contributed by atoms with Gasteiger partial charge in [0.15, 0.2) is 0 Å². The second-order valence-corrected chi connectivity index (χ2v) is 18.4. The van der Waals surface area contributed by atoms with E-state index < -0.39 is 21.8 Å². The van der Waals surface area contributed by atoms with Crippen molar-refractivity contribution in [2.45, 2.75) is 59.5 Å². The van der Waals surface area contributed by atoms with E-state index in [9.17, 15) is 4.39 Å². The zero-order chi connectivity index (χ0) is 35.2. The van der Waals surface area contributed by atoms with E-state index in [1.807, 2.05) is 30.5 Å². The summed E-state index contributed by atoms with van der Waals surface area (Å²) in [6.07, 6.45) is 3.49. The van der Waals surface area contributed by atoms with Crippen LogP contribution >= 0.6 is 11.3 Å². The van der Waals surface area contributed by atoms with Crippen molar-refractivity contribution in [2.24, 2.45) is 0 Å². The van der Waals surface area contributed by atoms with Gasteiger partial charge in [0.1, 0.15) is 5.82 Å². The van der Waals surface area contributed by atoms with Crippen LogP contribution in [0.15, 0.2) is 79.1 Å². The van der Waals surface area contributed by atoms with Gasteiger partial charge in [-0.1, -0.05) is 76.4 Å². The first kappa shape index (κ1) is 25.3. The van der Waals surface area contributed by atoms with Crippen molar-refractivity contribution in [3.05, 3.63) is 114 Å². The smallest absolute Gasteiger partial charge is 0.130 e. The van der Waals surface area contributed by atoms with Gasteiger partial charge in [-0.2, -0.15) is 11.3 Å². The van der Waals surface area contributed by atoms with E-state index >= 15 is 0 Å². The maximum absolute atomic E-state index is 14.3. The van der Waals surface area contributed by atoms with Crippen LogP contribution in [0.25, 0.3) is 42.7 Å². The molecule has 0 saturated heterocycles. The minimum absolute atomic E-state index is 0. The van der Waals surface area contributed by atoms with Gasteiger partial charge in [-0.15, -0.1) is 59.2 Å². The fourth-order valence-electron chi connectivity index (χ4n) is 4.76. The average Bonchev–Trinajstić information content (AvgIpc) is 3.40. The number of thiophene rings is 1. The summed E-state index contributed by atoms with van der Waals surface area (Å²) in [5.41, 5.74) is 4.69. The van der Waals surface area contributed by atoms with Crippen molar-refractivity contribution in [1.29, 1.82) is 0 Å². The summed E-state index contributed by atoms with van der Waals surface area (Å²) in [5, 5.41) is 2.44. The predicted molar refractivity (Wildman–Crippen MR) is 181 cm³/mol. The summed E-state index contributed by atoms with van der Waals surface area (Å²) in [7, 11) is -1.85. The predicted octanol–water partition coefficient (Wildman–Crippen LogP) is 10.1. The van der Waals surface area contributed by atoms with Crippen molar-refractivity contribution in [3.8, 4) is 22.5 Å². The van der Waals surface area contributed by atoms with Gasteiger partial charge in [0.2, 0.25) is 0 Å². The van der Waals surface area contributed by atoms with Gasteiger partial charge in [0.25, 0.3) is 0 Å². The normalized spacial score (nSPS) is 14.3. The first-order chi connectivity index (χ1) is 22.2. The zero-order valence-electron chi connectivity index (χ0n) is 31.0. The van der Waals surface area contributed by atoms with Gasteiger partial charge < -0.3 is 9.97 Å². The molecule has 3 aromatic carbocycles. The van der Waals surface area contributed by atoms with Crippen molar-refractivity contribution in [2.75, 3.05) is 0 Å². The monoisotopic (exact) mass is 787 g/mol. The molecule has 6 rings (SSSR count). The number of aryl methyl sites for hydroxylation is 2. The Hall–Kier alpha value is -3.02. The second kappa shape index (κ2) is 12.9. The first-order valence-corrected chi connectivity index (χ1v) is 18.1. The van der Waals surface area contributed by atoms with Crippen LogP contribution in [0.2, 0.25) is 19.6 Å². The molecule has 0 atom stereocenters. The first-order valence-electron chi connectivity index (χ1n) is 16.8. The standard InChI is InChI=1S/C21H17FNS.C16H20NSi.Ir/c1-21(2,3)13-10-11-23-17(12-13)14-6-4-7-15-19-16(22)8-5-9-18(19)24-20(14)15;1-12-6-8-14(9-7-12)15-10-13(2)16(11-17-15)18(3,4)5;/h4-5,7-12H,1-3H3;6-8,10-11H,1-5H3;/q2*-1;/i;1D3,2D3;. The SMILES string of the molecule is CC(C)(C)c1ccnc(-c2[c-]ccc3c2sc2cccc(F)c23)c1.[2H]C([2H])([2H])c1c[c-]c(-c2cc(C([2H])([2H])[2H])c([Si](C)(C)C)cn2)cc1.[Ir]. The van der Waals surface area contributed by atoms with Gasteiger partial charge in [-0.25, -0.2) is 4.39 Å². The van der Waals surface area contributed by atoms with Crippen molar-refractivity contribution >= 4 is 44.8 Å². The Morgan fingerprint density at radius 3 is 2.42 bits per heavy atom. The van der Waals surface area contributed by atoms with E-state index in [2.05, 4.69) is 68.6 Å². The van der Waals surface area contributed by atoms with Crippen LogP contribution in [0.4, 0.5) is 4.39 Å². The number of fused-ring (bicyclic) bond motifs is 3. The van der Waals surface area contributed by atoms with Crippen LogP contribution in [-0.4, -0.2) is 18.0 Å². The molecule has 2 nitrogen and oxygen atoms in total. The Morgan fingerprint density at radius 1 is 0.930 bits per heavy atom. The Kier molecular flexibility index (Phi) is 7.60. The van der Waals surface area contributed by atoms with E-state index in [4.69, 9.17) is 8.22 Å². The average molecular weight is 787 g/mol. The molecule has 0 fully saturated rings. The summed E-state index contributed by atoms with van der Waals surface area (Å²) in [6, 6.07) is 25.5. The molecule has 0 bridgehead atoms. The Morgan fingerprint density at radius 2 is 1.74 bits per heavy atom. The number of pyridine rings is 2. The molecule has 43 heavy (non-hydrogen) atoms. The summed E-state index contributed by atoms with van der Waals surface area (Å²) >= 11 is 1.60. The molecular weight excluding hydrogens is 744 g/mol. The molecule has 223 valence electrons. The molecule has 1 radical (unpaired) electrons. The molecule has 0 saturated carbocycles. The van der Waals surface area contributed by atoms with Crippen molar-refractivity contribution in [1.82, 2.24) is 9.97 Å². The van der Waals surface area contributed by atoms with Gasteiger partial charge in [0.05, 0.1) is 8.07 Å². The van der Waals surface area contributed by atoms with Crippen LogP contribution in [0.3, 0.4) is 0 Å². The molecule has 0 N–H and O–H groups in total. The molecule has 0 spiro atoms. The summed E-state index contributed by atoms with van der Waals surface area (Å²) in [4.78, 5) is 8.94. The number of rotatable bonds is 3. The maximum Gasteiger partial charge on any atom is 0.130 e. The van der Waals surface area contributed by atoms with Crippen LogP contribution in [0.5, 0.6) is 0 Å². The Balaban J connectivity index is 0.000000216. The molecule has 3 heterocycles. The number of hydrogen-bond acceptors (Lipinski definition) is 3. The van der Waals surface area contributed by atoms with Gasteiger partial charge in [-0.3, -0.25) is 0 Å². The van der Waals surface area contributed by atoms with E-state index in [0.29, 0.717) is 22.2 Å². The van der Waals surface area contributed by atoms with E-state index in [1.54, 1.807) is 35.7 Å². The summed E-state index contributed by atoms with van der Waals surface area (Å²) < 4.78 is 61.9. The molecule has 6 heteroatoms. The minimum atomic E-state index is -2.22. The third-order valence-electron chi connectivity index (χ3n) is 7.09. The number of benzene rings is 3. The molecular formula is C37H37FIrN2SSi-2. The number of aromatic nitrogens is 2. The molecule has 6 aromatic rings. The van der Waals surface area contributed by atoms with Crippen molar-refractivity contribution < 1.29 is 32.7 Å². The maximum atomic E-state index is 14.3. The van der Waals surface area contributed by atoms with Crippen molar-refractivity contribution in [3.63, 3.8) is 0 Å². The molecule has 0 unspecified atom stereocenters.